The molecule has 1 fully saturated rings. The quantitative estimate of drug-likeness (QED) is 0.0481. The summed E-state index contributed by atoms with van der Waals surface area (Å²) in [6.07, 6.45) is 0.629. The van der Waals surface area contributed by atoms with Crippen LogP contribution in [-0.4, -0.2) is 39.7 Å². The summed E-state index contributed by atoms with van der Waals surface area (Å²) in [5.41, 5.74) is 3.15. The third kappa shape index (κ3) is 6.68. The number of nitrogens with zero attached hydrogens (tertiary/aromatic N) is 3. The number of carbonyl (C=O) groups excluding carboxylic acids is 2. The van der Waals surface area contributed by atoms with Gasteiger partial charge in [0.1, 0.15) is 30.0 Å². The molecule has 4 aromatic carbocycles. The van der Waals surface area contributed by atoms with E-state index in [1.54, 1.807) is 54.6 Å². The van der Waals surface area contributed by atoms with E-state index in [9.17, 15) is 19.1 Å². The number of aliphatic hydroxyl groups is 1. The standard InChI is InChI=1S/C38H32FN3O6S2/c1-3-46-31-19-24(13-16-30(31)47-20-23-9-5-4-6-10-23)33-32(34(43)25-14-15-29-27(18-25)17-22(2)48-29)35(44)36(45)42(33)37-40-41-38(50-37)49-21-26-11-7-8-12-28(26)39/h4-16,18-19,22,33,43H,3,17,20-21H2,1-2H3/b34-32+. The second-order valence-corrected chi connectivity index (χ2v) is 13.9. The number of aromatic nitrogens is 2. The van der Waals surface area contributed by atoms with E-state index in [0.29, 0.717) is 63.7 Å². The van der Waals surface area contributed by atoms with Gasteiger partial charge in [0.05, 0.1) is 18.2 Å². The number of fused-ring (bicyclic) bond motifs is 1. The van der Waals surface area contributed by atoms with Crippen molar-refractivity contribution in [2.45, 2.75) is 49.1 Å². The number of thioether (sulfide) groups is 1. The zero-order chi connectivity index (χ0) is 34.8. The number of halogens is 1. The summed E-state index contributed by atoms with van der Waals surface area (Å²) in [7, 11) is 0. The summed E-state index contributed by atoms with van der Waals surface area (Å²) in [6, 6.07) is 25.5. The fourth-order valence-corrected chi connectivity index (χ4v) is 7.85. The highest BCUT2D eigenvalue weighted by molar-refractivity contribution is 8.00. The molecule has 0 aliphatic carbocycles. The molecule has 0 bridgehead atoms. The lowest BCUT2D eigenvalue weighted by atomic mass is 9.94. The van der Waals surface area contributed by atoms with E-state index >= 15 is 0 Å². The van der Waals surface area contributed by atoms with Gasteiger partial charge < -0.3 is 19.3 Å². The van der Waals surface area contributed by atoms with E-state index in [1.165, 1.54) is 22.7 Å². The number of anilines is 1. The SMILES string of the molecule is CCOc1cc(C2/C(=C(\O)c3ccc4c(c3)CC(C)O4)C(=O)C(=O)N2c2nnc(SCc3ccccc3F)s2)ccc1OCc1ccccc1. The lowest BCUT2D eigenvalue weighted by molar-refractivity contribution is -0.132. The molecule has 1 amide bonds. The Kier molecular flexibility index (Phi) is 9.55. The van der Waals surface area contributed by atoms with Crippen molar-refractivity contribution in [1.82, 2.24) is 10.2 Å². The van der Waals surface area contributed by atoms with Gasteiger partial charge in [0, 0.05) is 17.7 Å². The van der Waals surface area contributed by atoms with Crippen LogP contribution < -0.4 is 19.1 Å². The van der Waals surface area contributed by atoms with Gasteiger partial charge in [0.2, 0.25) is 5.13 Å². The molecule has 2 aliphatic heterocycles. The number of amides is 1. The van der Waals surface area contributed by atoms with Crippen LogP contribution in [0.1, 0.15) is 47.7 Å². The Labute approximate surface area is 296 Å². The first kappa shape index (κ1) is 33.3. The molecule has 9 nitrogen and oxygen atoms in total. The fourth-order valence-electron chi connectivity index (χ4n) is 6.00. The zero-order valence-electron chi connectivity index (χ0n) is 27.2. The van der Waals surface area contributed by atoms with Gasteiger partial charge in [-0.05, 0) is 72.5 Å². The largest absolute Gasteiger partial charge is 0.507 e. The summed E-state index contributed by atoms with van der Waals surface area (Å²) in [5, 5.41) is 20.5. The number of hydrogen-bond acceptors (Lipinski definition) is 10. The highest BCUT2D eigenvalue weighted by Gasteiger charge is 2.48. The molecule has 1 aromatic heterocycles. The molecule has 1 N–H and O–H groups in total. The van der Waals surface area contributed by atoms with Crippen LogP contribution in [0.2, 0.25) is 0 Å². The predicted octanol–water partition coefficient (Wildman–Crippen LogP) is 7.90. The number of benzene rings is 4. The monoisotopic (exact) mass is 709 g/mol. The second kappa shape index (κ2) is 14.3. The number of aliphatic hydroxyl groups excluding tert-OH is 1. The average molecular weight is 710 g/mol. The Balaban J connectivity index is 1.28. The number of hydrogen-bond donors (Lipinski definition) is 1. The molecule has 7 rings (SSSR count). The molecule has 254 valence electrons. The van der Waals surface area contributed by atoms with E-state index in [2.05, 4.69) is 10.2 Å². The molecule has 2 unspecified atom stereocenters. The van der Waals surface area contributed by atoms with Crippen molar-refractivity contribution in [2.75, 3.05) is 11.5 Å². The molecular weight excluding hydrogens is 678 g/mol. The fraction of sp³-hybridized carbons (Fsp3) is 0.211. The minimum absolute atomic E-state index is 0.0181. The maximum atomic E-state index is 14.3. The van der Waals surface area contributed by atoms with Crippen LogP contribution in [0.4, 0.5) is 9.52 Å². The van der Waals surface area contributed by atoms with E-state index < -0.39 is 17.7 Å². The molecule has 5 aromatic rings. The highest BCUT2D eigenvalue weighted by atomic mass is 32.2. The van der Waals surface area contributed by atoms with E-state index in [-0.39, 0.29) is 28.4 Å². The first-order valence-corrected chi connectivity index (χ1v) is 17.8. The lowest BCUT2D eigenvalue weighted by Crippen LogP contribution is -2.29. The number of carbonyl (C=O) groups is 2. The van der Waals surface area contributed by atoms with Gasteiger partial charge in [-0.15, -0.1) is 10.2 Å². The molecule has 0 saturated carbocycles. The summed E-state index contributed by atoms with van der Waals surface area (Å²) in [5.74, 6) is -0.474. The first-order chi connectivity index (χ1) is 24.3. The molecule has 2 aliphatic rings. The van der Waals surface area contributed by atoms with E-state index in [4.69, 9.17) is 14.2 Å². The van der Waals surface area contributed by atoms with Gasteiger partial charge in [-0.2, -0.15) is 0 Å². The van der Waals surface area contributed by atoms with Gasteiger partial charge in [0.15, 0.2) is 15.8 Å². The number of rotatable bonds is 11. The average Bonchev–Trinajstić information content (AvgIpc) is 3.82. The Morgan fingerprint density at radius 1 is 1.00 bits per heavy atom. The number of ether oxygens (including phenoxy) is 3. The predicted molar refractivity (Wildman–Crippen MR) is 189 cm³/mol. The van der Waals surface area contributed by atoms with Crippen molar-refractivity contribution in [3.63, 3.8) is 0 Å². The highest BCUT2D eigenvalue weighted by Crippen LogP contribution is 2.46. The molecule has 2 atom stereocenters. The van der Waals surface area contributed by atoms with Gasteiger partial charge >= 0.3 is 5.91 Å². The van der Waals surface area contributed by atoms with Crippen molar-refractivity contribution in [2.24, 2.45) is 0 Å². The topological polar surface area (TPSA) is 111 Å². The summed E-state index contributed by atoms with van der Waals surface area (Å²) in [4.78, 5) is 29.0. The van der Waals surface area contributed by atoms with E-state index in [0.717, 1.165) is 22.5 Å². The zero-order valence-corrected chi connectivity index (χ0v) is 28.8. The van der Waals surface area contributed by atoms with Crippen LogP contribution in [0.5, 0.6) is 17.2 Å². The number of Topliss-reactive ketones (excluding diaryl/α,β-unsaturated/α-hetero) is 1. The normalized spacial score (nSPS) is 17.9. The summed E-state index contributed by atoms with van der Waals surface area (Å²) in [6.45, 7) is 4.44. The van der Waals surface area contributed by atoms with Crippen molar-refractivity contribution in [1.29, 1.82) is 0 Å². The van der Waals surface area contributed by atoms with Crippen LogP contribution in [0.15, 0.2) is 101 Å². The van der Waals surface area contributed by atoms with Crippen molar-refractivity contribution in [3.8, 4) is 17.2 Å². The smallest absolute Gasteiger partial charge is 0.301 e. The Bertz CT molecular complexity index is 2100. The molecule has 50 heavy (non-hydrogen) atoms. The summed E-state index contributed by atoms with van der Waals surface area (Å²) < 4.78 is 32.7. The van der Waals surface area contributed by atoms with Crippen LogP contribution in [0, 0.1) is 5.82 Å². The van der Waals surface area contributed by atoms with E-state index in [1.807, 2.05) is 44.2 Å². The molecule has 12 heteroatoms. The Morgan fingerprint density at radius 3 is 2.60 bits per heavy atom. The molecule has 0 radical (unpaired) electrons. The van der Waals surface area contributed by atoms with Crippen molar-refractivity contribution in [3.05, 3.63) is 130 Å². The Hall–Kier alpha value is -5.20. The number of ketones is 1. The first-order valence-electron chi connectivity index (χ1n) is 16.0. The van der Waals surface area contributed by atoms with Crippen LogP contribution in [0.3, 0.4) is 0 Å². The molecular formula is C38H32FN3O6S2. The maximum absolute atomic E-state index is 14.3. The van der Waals surface area contributed by atoms with Crippen molar-refractivity contribution < 1.29 is 33.3 Å². The minimum Gasteiger partial charge on any atom is -0.507 e. The maximum Gasteiger partial charge on any atom is 0.301 e. The van der Waals surface area contributed by atoms with Crippen LogP contribution >= 0.6 is 23.1 Å². The molecule has 0 spiro atoms. The summed E-state index contributed by atoms with van der Waals surface area (Å²) >= 11 is 2.37. The molecule has 1 saturated heterocycles. The van der Waals surface area contributed by atoms with Gasteiger partial charge in [-0.1, -0.05) is 77.7 Å². The van der Waals surface area contributed by atoms with Crippen molar-refractivity contribution >= 4 is 45.7 Å². The van der Waals surface area contributed by atoms with Gasteiger partial charge in [0.25, 0.3) is 5.78 Å². The third-order valence-electron chi connectivity index (χ3n) is 8.35. The Morgan fingerprint density at radius 2 is 1.80 bits per heavy atom. The molecule has 3 heterocycles. The third-order valence-corrected chi connectivity index (χ3v) is 10.4. The van der Waals surface area contributed by atoms with Gasteiger partial charge in [-0.25, -0.2) is 4.39 Å². The van der Waals surface area contributed by atoms with Crippen LogP contribution in [-0.2, 0) is 28.4 Å². The van der Waals surface area contributed by atoms with Gasteiger partial charge in [-0.3, -0.25) is 14.5 Å². The minimum atomic E-state index is -1.07. The second-order valence-electron chi connectivity index (χ2n) is 11.8. The lowest BCUT2D eigenvalue weighted by Gasteiger charge is -2.24. The van der Waals surface area contributed by atoms with Crippen LogP contribution in [0.25, 0.3) is 5.76 Å².